The third kappa shape index (κ3) is 3.79. The summed E-state index contributed by atoms with van der Waals surface area (Å²) in [5, 5.41) is 0. The average molecular weight is 301 g/mol. The molecule has 0 spiro atoms. The predicted molar refractivity (Wildman–Crippen MR) is 61.4 cm³/mol. The minimum Gasteiger partial charge on any atom is -0.490 e. The van der Waals surface area contributed by atoms with Crippen LogP contribution in [0.4, 0.5) is 8.78 Å². The fourth-order valence-corrected chi connectivity index (χ4v) is 2.09. The molecule has 102 valence electrons. The van der Waals surface area contributed by atoms with Crippen LogP contribution in [-0.4, -0.2) is 28.7 Å². The number of hydrogen-bond acceptors (Lipinski definition) is 4. The molecule has 0 heterocycles. The number of rotatable bonds is 6. The fraction of sp³-hybridized carbons (Fsp3) is 0.400. The van der Waals surface area contributed by atoms with E-state index in [1.54, 1.807) is 0 Å². The zero-order valence-corrected chi connectivity index (χ0v) is 11.0. The molecule has 0 N–H and O–H groups in total. The number of hydrogen-bond donors (Lipinski definition) is 0. The Morgan fingerprint density at radius 2 is 1.89 bits per heavy atom. The van der Waals surface area contributed by atoms with Gasteiger partial charge in [0.05, 0.1) is 6.61 Å². The highest BCUT2D eigenvalue weighted by molar-refractivity contribution is 8.13. The molecule has 1 rings (SSSR count). The van der Waals surface area contributed by atoms with E-state index in [2.05, 4.69) is 0 Å². The van der Waals surface area contributed by atoms with Gasteiger partial charge in [-0.2, -0.15) is 4.39 Å². The molecule has 4 nitrogen and oxygen atoms in total. The molecule has 0 atom stereocenters. The smallest absolute Gasteiger partial charge is 0.264 e. The summed E-state index contributed by atoms with van der Waals surface area (Å²) in [5.74, 6) is -3.30. The van der Waals surface area contributed by atoms with Crippen molar-refractivity contribution in [3.8, 4) is 5.75 Å². The normalized spacial score (nSPS) is 11.6. The predicted octanol–water partition coefficient (Wildman–Crippen LogP) is 2.31. The summed E-state index contributed by atoms with van der Waals surface area (Å²) in [6, 6.07) is 1.87. The summed E-state index contributed by atoms with van der Waals surface area (Å²) in [7, 11) is 2.12. The molecule has 0 radical (unpaired) electrons. The number of methoxy groups -OCH3 is 1. The van der Waals surface area contributed by atoms with Crippen LogP contribution in [0, 0.1) is 11.6 Å². The van der Waals surface area contributed by atoms with Crippen molar-refractivity contribution >= 4 is 19.7 Å². The standard InChI is InChI=1S/C10H11ClF2O4S/c1-16-5-2-6-17-7-3-4-8(18(11,14)15)10(13)9(7)12/h3-4H,2,5-6H2,1H3. The summed E-state index contributed by atoms with van der Waals surface area (Å²) in [4.78, 5) is -0.911. The van der Waals surface area contributed by atoms with E-state index < -0.39 is 25.6 Å². The van der Waals surface area contributed by atoms with Gasteiger partial charge in [-0.05, 0) is 12.1 Å². The summed E-state index contributed by atoms with van der Waals surface area (Å²) in [5.41, 5.74) is 0. The highest BCUT2D eigenvalue weighted by Gasteiger charge is 2.22. The van der Waals surface area contributed by atoms with Crippen molar-refractivity contribution in [3.63, 3.8) is 0 Å². The van der Waals surface area contributed by atoms with Crippen LogP contribution in [0.2, 0.25) is 0 Å². The molecule has 0 aliphatic heterocycles. The largest absolute Gasteiger partial charge is 0.490 e. The Kier molecular flexibility index (Phi) is 5.30. The zero-order valence-electron chi connectivity index (χ0n) is 9.45. The van der Waals surface area contributed by atoms with Gasteiger partial charge in [-0.1, -0.05) is 0 Å². The zero-order chi connectivity index (χ0) is 13.8. The van der Waals surface area contributed by atoms with Gasteiger partial charge < -0.3 is 9.47 Å². The van der Waals surface area contributed by atoms with Crippen molar-refractivity contribution in [2.45, 2.75) is 11.3 Å². The Morgan fingerprint density at radius 3 is 2.44 bits per heavy atom. The SMILES string of the molecule is COCCCOc1ccc(S(=O)(=O)Cl)c(F)c1F. The van der Waals surface area contributed by atoms with E-state index in [-0.39, 0.29) is 12.4 Å². The third-order valence-electron chi connectivity index (χ3n) is 2.02. The van der Waals surface area contributed by atoms with Gasteiger partial charge in [0, 0.05) is 30.8 Å². The lowest BCUT2D eigenvalue weighted by Crippen LogP contribution is -2.05. The van der Waals surface area contributed by atoms with Gasteiger partial charge in [-0.3, -0.25) is 0 Å². The molecule has 1 aromatic rings. The molecule has 0 aliphatic rings. The molecule has 0 unspecified atom stereocenters. The van der Waals surface area contributed by atoms with Crippen molar-refractivity contribution in [3.05, 3.63) is 23.8 Å². The fourth-order valence-electron chi connectivity index (χ4n) is 1.20. The summed E-state index contributed by atoms with van der Waals surface area (Å²) >= 11 is 0. The Hall–Kier alpha value is -0.920. The molecular weight excluding hydrogens is 290 g/mol. The molecule has 0 bridgehead atoms. The van der Waals surface area contributed by atoms with Crippen LogP contribution < -0.4 is 4.74 Å². The Bertz CT molecular complexity index is 519. The van der Waals surface area contributed by atoms with Crippen LogP contribution in [-0.2, 0) is 13.8 Å². The minimum absolute atomic E-state index is 0.122. The van der Waals surface area contributed by atoms with E-state index in [4.69, 9.17) is 20.2 Å². The summed E-state index contributed by atoms with van der Waals surface area (Å²) in [6.07, 6.45) is 0.493. The van der Waals surface area contributed by atoms with Crippen molar-refractivity contribution in [1.82, 2.24) is 0 Å². The first kappa shape index (κ1) is 15.1. The lowest BCUT2D eigenvalue weighted by molar-refractivity contribution is 0.170. The Balaban J connectivity index is 2.88. The van der Waals surface area contributed by atoms with Gasteiger partial charge in [-0.25, -0.2) is 12.8 Å². The second-order valence-corrected chi connectivity index (χ2v) is 5.86. The first-order chi connectivity index (χ1) is 8.38. The van der Waals surface area contributed by atoms with Gasteiger partial charge in [0.25, 0.3) is 9.05 Å². The monoisotopic (exact) mass is 300 g/mol. The van der Waals surface area contributed by atoms with Crippen LogP contribution in [0.1, 0.15) is 6.42 Å². The number of halogens is 3. The topological polar surface area (TPSA) is 52.6 Å². The second kappa shape index (κ2) is 6.31. The molecule has 0 fully saturated rings. The lowest BCUT2D eigenvalue weighted by Gasteiger charge is -2.08. The van der Waals surface area contributed by atoms with Crippen LogP contribution in [0.3, 0.4) is 0 Å². The molecule has 0 amide bonds. The Morgan fingerprint density at radius 1 is 1.22 bits per heavy atom. The highest BCUT2D eigenvalue weighted by Crippen LogP contribution is 2.27. The molecule has 8 heteroatoms. The summed E-state index contributed by atoms with van der Waals surface area (Å²) < 4.78 is 58.4. The molecule has 0 aliphatic carbocycles. The van der Waals surface area contributed by atoms with E-state index in [1.807, 2.05) is 0 Å². The summed E-state index contributed by atoms with van der Waals surface area (Å²) in [6.45, 7) is 0.537. The van der Waals surface area contributed by atoms with Crippen LogP contribution in [0.25, 0.3) is 0 Å². The Labute approximate surface area is 108 Å². The van der Waals surface area contributed by atoms with E-state index in [1.165, 1.54) is 7.11 Å². The van der Waals surface area contributed by atoms with E-state index in [0.717, 1.165) is 12.1 Å². The lowest BCUT2D eigenvalue weighted by atomic mass is 10.3. The second-order valence-electron chi connectivity index (χ2n) is 3.32. The molecule has 18 heavy (non-hydrogen) atoms. The quantitative estimate of drug-likeness (QED) is 0.597. The third-order valence-corrected chi connectivity index (χ3v) is 3.36. The maximum atomic E-state index is 13.4. The van der Waals surface area contributed by atoms with E-state index >= 15 is 0 Å². The minimum atomic E-state index is -4.32. The molecular formula is C10H11ClF2O4S. The van der Waals surface area contributed by atoms with Gasteiger partial charge in [0.15, 0.2) is 11.6 Å². The van der Waals surface area contributed by atoms with Gasteiger partial charge in [-0.15, -0.1) is 0 Å². The molecule has 0 aromatic heterocycles. The maximum absolute atomic E-state index is 13.4. The van der Waals surface area contributed by atoms with Crippen LogP contribution in [0.5, 0.6) is 5.75 Å². The van der Waals surface area contributed by atoms with Crippen molar-refractivity contribution < 1.29 is 26.7 Å². The van der Waals surface area contributed by atoms with Gasteiger partial charge >= 0.3 is 0 Å². The van der Waals surface area contributed by atoms with Gasteiger partial charge in [0.1, 0.15) is 4.90 Å². The van der Waals surface area contributed by atoms with Crippen LogP contribution >= 0.6 is 10.7 Å². The van der Waals surface area contributed by atoms with Gasteiger partial charge in [0.2, 0.25) is 5.82 Å². The van der Waals surface area contributed by atoms with Crippen molar-refractivity contribution in [2.24, 2.45) is 0 Å². The van der Waals surface area contributed by atoms with E-state index in [9.17, 15) is 17.2 Å². The average Bonchev–Trinajstić information content (AvgIpc) is 2.28. The highest BCUT2D eigenvalue weighted by atomic mass is 35.7. The first-order valence-corrected chi connectivity index (χ1v) is 7.23. The number of ether oxygens (including phenoxy) is 2. The number of benzene rings is 1. The van der Waals surface area contributed by atoms with E-state index in [0.29, 0.717) is 13.0 Å². The maximum Gasteiger partial charge on any atom is 0.264 e. The molecule has 0 saturated heterocycles. The molecule has 1 aromatic carbocycles. The van der Waals surface area contributed by atoms with Crippen LogP contribution in [0.15, 0.2) is 17.0 Å². The first-order valence-electron chi connectivity index (χ1n) is 4.92. The van der Waals surface area contributed by atoms with Crippen molar-refractivity contribution in [1.29, 1.82) is 0 Å². The van der Waals surface area contributed by atoms with Crippen molar-refractivity contribution in [2.75, 3.05) is 20.3 Å². The molecule has 0 saturated carbocycles.